The van der Waals surface area contributed by atoms with Crippen LogP contribution in [0.5, 0.6) is 0 Å². The zero-order valence-electron chi connectivity index (χ0n) is 14.1. The number of rotatable bonds is 4. The second kappa shape index (κ2) is 7.72. The number of aromatic nitrogens is 1. The summed E-state index contributed by atoms with van der Waals surface area (Å²) in [5.41, 5.74) is 2.69. The monoisotopic (exact) mass is 388 g/mol. The number of benzene rings is 2. The van der Waals surface area contributed by atoms with Crippen molar-refractivity contribution in [2.75, 3.05) is 31.6 Å². The van der Waals surface area contributed by atoms with Gasteiger partial charge >= 0.3 is 0 Å². The molecule has 134 valence electrons. The second-order valence-corrected chi connectivity index (χ2v) is 7.79. The number of hydrogen-bond donors (Lipinski definition) is 2. The molecule has 1 aliphatic rings. The van der Waals surface area contributed by atoms with Crippen LogP contribution in [0.2, 0.25) is 5.02 Å². The number of fused-ring (bicyclic) bond motifs is 1. The van der Waals surface area contributed by atoms with Gasteiger partial charge in [-0.3, -0.25) is 10.1 Å². The summed E-state index contributed by atoms with van der Waals surface area (Å²) < 4.78 is 6.34. The van der Waals surface area contributed by atoms with Crippen LogP contribution < -0.4 is 10.2 Å². The lowest BCUT2D eigenvalue weighted by atomic mass is 10.1. The average molecular weight is 389 g/mol. The second-order valence-electron chi connectivity index (χ2n) is 6.32. The number of amides is 1. The summed E-state index contributed by atoms with van der Waals surface area (Å²) in [6.07, 6.45) is 0. The largest absolute Gasteiger partial charge is 0.370 e. The first-order chi connectivity index (χ1) is 12.7. The number of thiazole rings is 1. The molecule has 1 fully saturated rings. The maximum absolute atomic E-state index is 12.5. The number of quaternary nitrogens is 1. The third-order valence-corrected chi connectivity index (χ3v) is 5.61. The quantitative estimate of drug-likeness (QED) is 0.722. The summed E-state index contributed by atoms with van der Waals surface area (Å²) in [5, 5.41) is 4.11. The highest BCUT2D eigenvalue weighted by molar-refractivity contribution is 7.22. The van der Waals surface area contributed by atoms with Gasteiger partial charge in [0.1, 0.15) is 19.6 Å². The van der Waals surface area contributed by atoms with E-state index in [0.717, 1.165) is 43.1 Å². The molecule has 0 unspecified atom stereocenters. The Morgan fingerprint density at radius 3 is 2.73 bits per heavy atom. The minimum absolute atomic E-state index is 0.152. The van der Waals surface area contributed by atoms with Crippen molar-refractivity contribution >= 4 is 44.2 Å². The number of nitrogens with one attached hydrogen (secondary N) is 2. The highest BCUT2D eigenvalue weighted by atomic mass is 35.5. The highest BCUT2D eigenvalue weighted by Gasteiger charge is 2.15. The van der Waals surface area contributed by atoms with Crippen LogP contribution in [0.15, 0.2) is 42.5 Å². The Kier molecular flexibility index (Phi) is 5.17. The van der Waals surface area contributed by atoms with Gasteiger partial charge in [0.15, 0.2) is 5.13 Å². The van der Waals surface area contributed by atoms with E-state index < -0.39 is 0 Å². The fourth-order valence-corrected chi connectivity index (χ4v) is 4.16. The molecule has 0 saturated carbocycles. The lowest BCUT2D eigenvalue weighted by Gasteiger charge is -2.23. The molecule has 26 heavy (non-hydrogen) atoms. The summed E-state index contributed by atoms with van der Waals surface area (Å²) in [5.74, 6) is -0.152. The molecule has 2 aromatic carbocycles. The van der Waals surface area contributed by atoms with E-state index in [4.69, 9.17) is 16.3 Å². The van der Waals surface area contributed by atoms with Crippen LogP contribution in [0, 0.1) is 0 Å². The Morgan fingerprint density at radius 1 is 1.19 bits per heavy atom. The van der Waals surface area contributed by atoms with Gasteiger partial charge in [-0.15, -0.1) is 0 Å². The van der Waals surface area contributed by atoms with Crippen molar-refractivity contribution in [3.8, 4) is 0 Å². The molecule has 1 aromatic heterocycles. The Labute approximate surface area is 160 Å². The van der Waals surface area contributed by atoms with E-state index in [1.54, 1.807) is 6.07 Å². The van der Waals surface area contributed by atoms with Gasteiger partial charge < -0.3 is 9.64 Å². The smallest absolute Gasteiger partial charge is 0.257 e. The van der Waals surface area contributed by atoms with Gasteiger partial charge in [0.2, 0.25) is 0 Å². The van der Waals surface area contributed by atoms with E-state index >= 15 is 0 Å². The van der Waals surface area contributed by atoms with Gasteiger partial charge in [0, 0.05) is 16.1 Å². The van der Waals surface area contributed by atoms with E-state index in [2.05, 4.69) is 10.3 Å². The standard InChI is InChI=1S/C19H18ClN3O2S/c20-15-5-6-16-17(11-15)26-19(21-16)22-18(24)14-3-1-13(2-4-14)12-23-7-9-25-10-8-23/h1-6,11H,7-10,12H2,(H,21,22,24)/p+1. The van der Waals surface area contributed by atoms with Gasteiger partial charge in [-0.2, -0.15) is 0 Å². The number of carbonyl (C=O) groups excluding carboxylic acids is 1. The third kappa shape index (κ3) is 4.04. The predicted molar refractivity (Wildman–Crippen MR) is 104 cm³/mol. The Hall–Kier alpha value is -1.99. The molecule has 1 saturated heterocycles. The number of morpholine rings is 1. The van der Waals surface area contributed by atoms with Crippen molar-refractivity contribution in [1.29, 1.82) is 0 Å². The van der Waals surface area contributed by atoms with E-state index in [1.807, 2.05) is 36.4 Å². The normalized spacial score (nSPS) is 15.3. The van der Waals surface area contributed by atoms with Crippen molar-refractivity contribution in [3.63, 3.8) is 0 Å². The van der Waals surface area contributed by atoms with Crippen LogP contribution in [0.1, 0.15) is 15.9 Å². The summed E-state index contributed by atoms with van der Waals surface area (Å²) in [6.45, 7) is 4.67. The average Bonchev–Trinajstić information content (AvgIpc) is 3.04. The molecule has 3 aromatic rings. The van der Waals surface area contributed by atoms with Gasteiger partial charge in [-0.1, -0.05) is 35.1 Å². The molecule has 5 nitrogen and oxygen atoms in total. The van der Waals surface area contributed by atoms with Crippen LogP contribution >= 0.6 is 22.9 Å². The van der Waals surface area contributed by atoms with Crippen molar-refractivity contribution < 1.29 is 14.4 Å². The molecule has 7 heteroatoms. The summed E-state index contributed by atoms with van der Waals surface area (Å²) in [4.78, 5) is 18.4. The molecular formula is C19H19ClN3O2S+. The molecule has 0 aliphatic carbocycles. The molecule has 2 N–H and O–H groups in total. The molecular weight excluding hydrogens is 370 g/mol. The van der Waals surface area contributed by atoms with E-state index in [-0.39, 0.29) is 5.91 Å². The van der Waals surface area contributed by atoms with Crippen LogP contribution in [-0.2, 0) is 11.3 Å². The number of ether oxygens (including phenoxy) is 1. The molecule has 0 bridgehead atoms. The third-order valence-electron chi connectivity index (χ3n) is 4.44. The van der Waals surface area contributed by atoms with Crippen molar-refractivity contribution in [2.24, 2.45) is 0 Å². The van der Waals surface area contributed by atoms with Gasteiger partial charge in [-0.05, 0) is 30.3 Å². The fourth-order valence-electron chi connectivity index (χ4n) is 3.02. The fraction of sp³-hybridized carbons (Fsp3) is 0.263. The Balaban J connectivity index is 1.42. The SMILES string of the molecule is O=C(Nc1nc2ccc(Cl)cc2s1)c1ccc(C[NH+]2CCOCC2)cc1. The summed E-state index contributed by atoms with van der Waals surface area (Å²) in [6, 6.07) is 13.3. The molecule has 0 spiro atoms. The molecule has 0 atom stereocenters. The first-order valence-corrected chi connectivity index (χ1v) is 9.74. The first-order valence-electron chi connectivity index (χ1n) is 8.55. The minimum Gasteiger partial charge on any atom is -0.370 e. The highest BCUT2D eigenvalue weighted by Crippen LogP contribution is 2.28. The van der Waals surface area contributed by atoms with Crippen LogP contribution in [-0.4, -0.2) is 37.2 Å². The van der Waals surface area contributed by atoms with Gasteiger partial charge in [0.25, 0.3) is 5.91 Å². The molecule has 4 rings (SSSR count). The van der Waals surface area contributed by atoms with Crippen molar-refractivity contribution in [1.82, 2.24) is 4.98 Å². The minimum atomic E-state index is -0.152. The first kappa shape index (κ1) is 17.4. The number of carbonyl (C=O) groups is 1. The van der Waals surface area contributed by atoms with Crippen LogP contribution in [0.3, 0.4) is 0 Å². The maximum Gasteiger partial charge on any atom is 0.257 e. The number of halogens is 1. The van der Waals surface area contributed by atoms with E-state index in [1.165, 1.54) is 21.8 Å². The van der Waals surface area contributed by atoms with Crippen LogP contribution in [0.25, 0.3) is 10.2 Å². The van der Waals surface area contributed by atoms with Gasteiger partial charge in [-0.25, -0.2) is 4.98 Å². The summed E-state index contributed by atoms with van der Waals surface area (Å²) >= 11 is 7.42. The lowest BCUT2D eigenvalue weighted by Crippen LogP contribution is -3.12. The van der Waals surface area contributed by atoms with Crippen LogP contribution in [0.4, 0.5) is 5.13 Å². The predicted octanol–water partition coefficient (Wildman–Crippen LogP) is 2.62. The molecule has 1 aliphatic heterocycles. The summed E-state index contributed by atoms with van der Waals surface area (Å²) in [7, 11) is 0. The molecule has 0 radical (unpaired) electrons. The number of nitrogens with zero attached hydrogens (tertiary/aromatic N) is 1. The maximum atomic E-state index is 12.5. The number of hydrogen-bond acceptors (Lipinski definition) is 4. The van der Waals surface area contributed by atoms with E-state index in [9.17, 15) is 4.79 Å². The Morgan fingerprint density at radius 2 is 1.96 bits per heavy atom. The lowest BCUT2D eigenvalue weighted by molar-refractivity contribution is -0.921. The Bertz CT molecular complexity index is 920. The zero-order valence-corrected chi connectivity index (χ0v) is 15.7. The van der Waals surface area contributed by atoms with Crippen molar-refractivity contribution in [2.45, 2.75) is 6.54 Å². The zero-order chi connectivity index (χ0) is 17.9. The van der Waals surface area contributed by atoms with Crippen molar-refractivity contribution in [3.05, 3.63) is 58.6 Å². The molecule has 2 heterocycles. The number of anilines is 1. The van der Waals surface area contributed by atoms with Gasteiger partial charge in [0.05, 0.1) is 23.4 Å². The topological polar surface area (TPSA) is 55.7 Å². The van der Waals surface area contributed by atoms with E-state index in [0.29, 0.717) is 15.7 Å². The molecule has 1 amide bonds.